The first-order chi connectivity index (χ1) is 6.59. The summed E-state index contributed by atoms with van der Waals surface area (Å²) in [5.74, 6) is 0.572. The fourth-order valence-electron chi connectivity index (χ4n) is 1.67. The van der Waals surface area contributed by atoms with Crippen LogP contribution in [0.5, 0.6) is 0 Å². The van der Waals surface area contributed by atoms with Crippen LogP contribution in [0.1, 0.15) is 34.3 Å². The molecule has 2 rings (SSSR count). The quantitative estimate of drug-likeness (QED) is 0.680. The molecule has 1 fully saturated rings. The van der Waals surface area contributed by atoms with Gasteiger partial charge >= 0.3 is 0 Å². The number of carbonyl (C=O) groups excluding carboxylic acids is 1. The number of hydrogen-bond donors (Lipinski definition) is 0. The number of benzene rings is 1. The fourth-order valence-corrected chi connectivity index (χ4v) is 1.78. The summed E-state index contributed by atoms with van der Waals surface area (Å²) in [5, 5.41) is 0.775. The normalized spacial score (nSPS) is 15.6. The molecule has 1 aromatic rings. The summed E-state index contributed by atoms with van der Waals surface area (Å²) < 4.78 is 0. The molecule has 1 nitrogen and oxygen atoms in total. The highest BCUT2D eigenvalue weighted by molar-refractivity contribution is 6.32. The maximum absolute atomic E-state index is 11.8. The largest absolute Gasteiger partial charge is 0.294 e. The van der Waals surface area contributed by atoms with Crippen LogP contribution in [0, 0.1) is 19.8 Å². The van der Waals surface area contributed by atoms with E-state index < -0.39 is 0 Å². The van der Waals surface area contributed by atoms with Crippen molar-refractivity contribution in [2.75, 3.05) is 0 Å². The maximum Gasteiger partial charge on any atom is 0.165 e. The summed E-state index contributed by atoms with van der Waals surface area (Å²) >= 11 is 6.04. The van der Waals surface area contributed by atoms with E-state index in [1.807, 2.05) is 26.0 Å². The average molecular weight is 209 g/mol. The van der Waals surface area contributed by atoms with E-state index >= 15 is 0 Å². The number of carbonyl (C=O) groups is 1. The lowest BCUT2D eigenvalue weighted by atomic mass is 10.0. The number of halogens is 1. The topological polar surface area (TPSA) is 17.1 Å². The SMILES string of the molecule is Cc1cc(C(=O)C2CC2)cc(C)c1Cl. The third-order valence-electron chi connectivity index (χ3n) is 2.67. The molecule has 0 aromatic heterocycles. The predicted molar refractivity (Wildman–Crippen MR) is 58.0 cm³/mol. The van der Waals surface area contributed by atoms with Gasteiger partial charge in [-0.25, -0.2) is 0 Å². The van der Waals surface area contributed by atoms with E-state index in [0.29, 0.717) is 0 Å². The van der Waals surface area contributed by atoms with Crippen molar-refractivity contribution in [2.24, 2.45) is 5.92 Å². The van der Waals surface area contributed by atoms with E-state index in [1.165, 1.54) is 0 Å². The molecule has 2 heteroatoms. The monoisotopic (exact) mass is 208 g/mol. The standard InChI is InChI=1S/C12H13ClO/c1-7-5-10(6-8(2)11(7)13)12(14)9-3-4-9/h5-6,9H,3-4H2,1-2H3. The van der Waals surface area contributed by atoms with E-state index in [9.17, 15) is 4.79 Å². The minimum atomic E-state index is 0.285. The number of ketones is 1. The first-order valence-corrected chi connectivity index (χ1v) is 5.28. The maximum atomic E-state index is 11.8. The predicted octanol–water partition coefficient (Wildman–Crippen LogP) is 3.55. The summed E-state index contributed by atoms with van der Waals surface area (Å²) in [5.41, 5.74) is 2.82. The molecule has 14 heavy (non-hydrogen) atoms. The van der Waals surface area contributed by atoms with Gasteiger partial charge in [0.05, 0.1) is 0 Å². The Morgan fingerprint density at radius 2 is 1.79 bits per heavy atom. The van der Waals surface area contributed by atoms with E-state index in [-0.39, 0.29) is 11.7 Å². The minimum absolute atomic E-state index is 0.285. The number of hydrogen-bond acceptors (Lipinski definition) is 1. The van der Waals surface area contributed by atoms with Crippen LogP contribution in [0.2, 0.25) is 5.02 Å². The van der Waals surface area contributed by atoms with Gasteiger partial charge in [-0.05, 0) is 49.9 Å². The Labute approximate surface area is 89.1 Å². The van der Waals surface area contributed by atoms with E-state index in [1.54, 1.807) is 0 Å². The second-order valence-corrected chi connectivity index (χ2v) is 4.44. The fraction of sp³-hybridized carbons (Fsp3) is 0.417. The van der Waals surface area contributed by atoms with Gasteiger partial charge in [0.2, 0.25) is 0 Å². The third kappa shape index (κ3) is 1.69. The molecule has 1 aromatic carbocycles. The van der Waals surface area contributed by atoms with Crippen molar-refractivity contribution in [3.8, 4) is 0 Å². The molecule has 0 spiro atoms. The summed E-state index contributed by atoms with van der Waals surface area (Å²) in [4.78, 5) is 11.8. The van der Waals surface area contributed by atoms with E-state index in [2.05, 4.69) is 0 Å². The zero-order valence-corrected chi connectivity index (χ0v) is 9.19. The smallest absolute Gasteiger partial charge is 0.165 e. The van der Waals surface area contributed by atoms with Crippen molar-refractivity contribution in [1.29, 1.82) is 0 Å². The Morgan fingerprint density at radius 3 is 2.21 bits per heavy atom. The Balaban J connectivity index is 2.39. The van der Waals surface area contributed by atoms with Crippen LogP contribution in [0.25, 0.3) is 0 Å². The first kappa shape index (κ1) is 9.72. The molecule has 74 valence electrons. The lowest BCUT2D eigenvalue weighted by molar-refractivity contribution is 0.0967. The molecule has 0 atom stereocenters. The second kappa shape index (κ2) is 3.39. The van der Waals surface area contributed by atoms with Gasteiger partial charge in [-0.2, -0.15) is 0 Å². The van der Waals surface area contributed by atoms with Crippen molar-refractivity contribution in [3.63, 3.8) is 0 Å². The van der Waals surface area contributed by atoms with Gasteiger partial charge in [0.25, 0.3) is 0 Å². The molecule has 0 unspecified atom stereocenters. The molecule has 0 aliphatic heterocycles. The summed E-state index contributed by atoms with van der Waals surface area (Å²) in [7, 11) is 0. The molecule has 0 radical (unpaired) electrons. The van der Waals surface area contributed by atoms with Gasteiger partial charge in [-0.1, -0.05) is 11.6 Å². The van der Waals surface area contributed by atoms with Gasteiger partial charge in [0, 0.05) is 16.5 Å². The van der Waals surface area contributed by atoms with E-state index in [4.69, 9.17) is 11.6 Å². The molecule has 0 amide bonds. The lowest BCUT2D eigenvalue weighted by Crippen LogP contribution is -2.02. The van der Waals surface area contributed by atoms with Crippen molar-refractivity contribution in [3.05, 3.63) is 33.8 Å². The minimum Gasteiger partial charge on any atom is -0.294 e. The highest BCUT2D eigenvalue weighted by atomic mass is 35.5. The van der Waals surface area contributed by atoms with Crippen LogP contribution >= 0.6 is 11.6 Å². The van der Waals surface area contributed by atoms with Crippen molar-refractivity contribution in [1.82, 2.24) is 0 Å². The zero-order chi connectivity index (χ0) is 10.3. The number of aryl methyl sites for hydroxylation is 2. The molecule has 0 bridgehead atoms. The second-order valence-electron chi connectivity index (χ2n) is 4.06. The van der Waals surface area contributed by atoms with Gasteiger partial charge in [-0.15, -0.1) is 0 Å². The summed E-state index contributed by atoms with van der Waals surface area (Å²) in [6.45, 7) is 3.89. The van der Waals surface area contributed by atoms with Crippen LogP contribution in [-0.2, 0) is 0 Å². The summed E-state index contributed by atoms with van der Waals surface area (Å²) in [6, 6.07) is 3.80. The Hall–Kier alpha value is -0.820. The summed E-state index contributed by atoms with van der Waals surface area (Å²) in [6.07, 6.45) is 2.11. The average Bonchev–Trinajstić information content (AvgIpc) is 2.95. The number of rotatable bonds is 2. The van der Waals surface area contributed by atoms with Gasteiger partial charge in [-0.3, -0.25) is 4.79 Å². The van der Waals surface area contributed by atoms with Crippen LogP contribution in [0.4, 0.5) is 0 Å². The van der Waals surface area contributed by atoms with Gasteiger partial charge in [0.15, 0.2) is 5.78 Å². The van der Waals surface area contributed by atoms with Crippen LogP contribution in [0.15, 0.2) is 12.1 Å². The van der Waals surface area contributed by atoms with Crippen LogP contribution in [-0.4, -0.2) is 5.78 Å². The first-order valence-electron chi connectivity index (χ1n) is 4.90. The zero-order valence-electron chi connectivity index (χ0n) is 8.43. The molecule has 0 heterocycles. The van der Waals surface area contributed by atoms with Crippen molar-refractivity contribution < 1.29 is 4.79 Å². The molecule has 0 saturated heterocycles. The van der Waals surface area contributed by atoms with Gasteiger partial charge < -0.3 is 0 Å². The van der Waals surface area contributed by atoms with E-state index in [0.717, 1.165) is 34.6 Å². The van der Waals surface area contributed by atoms with Crippen LogP contribution < -0.4 is 0 Å². The Bertz CT molecular complexity index is 368. The molecule has 1 aliphatic carbocycles. The molecule has 1 saturated carbocycles. The molecular formula is C12H13ClO. The Morgan fingerprint density at radius 1 is 1.29 bits per heavy atom. The highest BCUT2D eigenvalue weighted by Gasteiger charge is 2.30. The third-order valence-corrected chi connectivity index (χ3v) is 3.27. The van der Waals surface area contributed by atoms with Crippen molar-refractivity contribution in [2.45, 2.75) is 26.7 Å². The molecular weight excluding hydrogens is 196 g/mol. The molecule has 1 aliphatic rings. The lowest BCUT2D eigenvalue weighted by Gasteiger charge is -2.06. The molecule has 0 N–H and O–H groups in total. The highest BCUT2D eigenvalue weighted by Crippen LogP contribution is 2.34. The van der Waals surface area contributed by atoms with Crippen molar-refractivity contribution >= 4 is 17.4 Å². The Kier molecular flexibility index (Phi) is 2.36. The van der Waals surface area contributed by atoms with Crippen LogP contribution in [0.3, 0.4) is 0 Å². The number of Topliss-reactive ketones (excluding diaryl/α,β-unsaturated/α-hetero) is 1. The van der Waals surface area contributed by atoms with Gasteiger partial charge in [0.1, 0.15) is 0 Å².